The Kier molecular flexibility index (Phi) is 7.66. The number of rotatable bonds is 8. The number of amides is 3. The van der Waals surface area contributed by atoms with Gasteiger partial charge in [-0.15, -0.1) is 0 Å². The highest BCUT2D eigenvalue weighted by Crippen LogP contribution is 2.54. The van der Waals surface area contributed by atoms with Crippen molar-refractivity contribution in [2.24, 2.45) is 28.9 Å². The molecule has 188 valence electrons. The lowest BCUT2D eigenvalue weighted by Crippen LogP contribution is -2.55. The average Bonchev–Trinajstić information content (AvgIpc) is 3.02. The van der Waals surface area contributed by atoms with Gasteiger partial charge < -0.3 is 20.9 Å². The smallest absolute Gasteiger partial charge is 0.410 e. The van der Waals surface area contributed by atoms with Gasteiger partial charge in [-0.3, -0.25) is 14.5 Å². The Morgan fingerprint density at radius 3 is 2.18 bits per heavy atom. The van der Waals surface area contributed by atoms with Crippen LogP contribution >= 0.6 is 0 Å². The van der Waals surface area contributed by atoms with Crippen molar-refractivity contribution in [1.82, 2.24) is 10.2 Å². The summed E-state index contributed by atoms with van der Waals surface area (Å²) >= 11 is 0. The van der Waals surface area contributed by atoms with Crippen LogP contribution in [0.2, 0.25) is 0 Å². The van der Waals surface area contributed by atoms with E-state index in [4.69, 9.17) is 10.5 Å². The van der Waals surface area contributed by atoms with Crippen LogP contribution in [0.3, 0.4) is 0 Å². The van der Waals surface area contributed by atoms with E-state index in [1.807, 2.05) is 20.8 Å². The first-order valence-corrected chi connectivity index (χ1v) is 12.6. The number of hydrogen-bond donors (Lipinski definition) is 3. The Bertz CT molecular complexity index is 741. The van der Waals surface area contributed by atoms with Crippen LogP contribution in [-0.2, 0) is 14.3 Å². The van der Waals surface area contributed by atoms with Crippen LogP contribution in [0.25, 0.3) is 0 Å². The lowest BCUT2D eigenvalue weighted by atomic mass is 9.59. The molecule has 0 bridgehead atoms. The molecule has 0 radical (unpaired) electrons. The summed E-state index contributed by atoms with van der Waals surface area (Å²) in [5, 5.41) is 13.3. The summed E-state index contributed by atoms with van der Waals surface area (Å²) < 4.78 is 5.67. The van der Waals surface area contributed by atoms with Crippen LogP contribution < -0.4 is 11.1 Å². The number of nitrogens with one attached hydrogen (secondary N) is 1. The Morgan fingerprint density at radius 2 is 1.76 bits per heavy atom. The molecule has 0 aromatic carbocycles. The van der Waals surface area contributed by atoms with Gasteiger partial charge in [-0.05, 0) is 69.6 Å². The lowest BCUT2D eigenvalue weighted by molar-refractivity contribution is -0.131. The summed E-state index contributed by atoms with van der Waals surface area (Å²) in [7, 11) is 0. The molecule has 0 aromatic rings. The topological polar surface area (TPSA) is 122 Å². The molecule has 0 aromatic heterocycles. The summed E-state index contributed by atoms with van der Waals surface area (Å²) in [5.74, 6) is -0.0531. The molecule has 2 saturated carbocycles. The van der Waals surface area contributed by atoms with Gasteiger partial charge >= 0.3 is 6.09 Å². The molecular weight excluding hydrogens is 422 g/mol. The molecule has 3 rings (SSSR count). The van der Waals surface area contributed by atoms with Crippen molar-refractivity contribution in [3.8, 4) is 0 Å². The number of carbonyl (C=O) groups excluding carboxylic acids is 3. The number of nitrogens with zero attached hydrogens (tertiary/aromatic N) is 1. The van der Waals surface area contributed by atoms with E-state index >= 15 is 0 Å². The lowest BCUT2D eigenvalue weighted by Gasteiger charge is -2.46. The van der Waals surface area contributed by atoms with Gasteiger partial charge in [-0.25, -0.2) is 4.79 Å². The van der Waals surface area contributed by atoms with E-state index in [-0.39, 0.29) is 11.3 Å². The quantitative estimate of drug-likeness (QED) is 0.509. The normalized spacial score (nSPS) is 28.1. The van der Waals surface area contributed by atoms with E-state index in [2.05, 4.69) is 19.2 Å². The fraction of sp³-hybridized carbons (Fsp3) is 0.880. The molecular formula is C25H43N3O5. The molecule has 1 heterocycles. The summed E-state index contributed by atoms with van der Waals surface area (Å²) in [6, 6.07) is -1.45. The van der Waals surface area contributed by atoms with E-state index in [0.29, 0.717) is 37.1 Å². The van der Waals surface area contributed by atoms with Crippen molar-refractivity contribution in [2.45, 2.75) is 110 Å². The zero-order chi connectivity index (χ0) is 24.6. The molecule has 8 heteroatoms. The highest BCUT2D eigenvalue weighted by molar-refractivity contribution is 5.88. The van der Waals surface area contributed by atoms with Crippen LogP contribution in [0.15, 0.2) is 0 Å². The van der Waals surface area contributed by atoms with E-state index in [1.54, 1.807) is 4.90 Å². The monoisotopic (exact) mass is 465 g/mol. The van der Waals surface area contributed by atoms with Crippen molar-refractivity contribution in [1.29, 1.82) is 0 Å². The summed E-state index contributed by atoms with van der Waals surface area (Å²) in [6.45, 7) is 10.3. The Morgan fingerprint density at radius 1 is 1.15 bits per heavy atom. The molecule has 0 spiro atoms. The maximum Gasteiger partial charge on any atom is 0.410 e. The third-order valence-corrected chi connectivity index (χ3v) is 8.23. The molecule has 1 saturated heterocycles. The van der Waals surface area contributed by atoms with Crippen LogP contribution in [-0.4, -0.2) is 58.2 Å². The SMILES string of the molecule is CC(C)[C@@]1(C2CCC2)C[C@@H](C(=O)NC(CC2CCC2)C(O)C(N)=O)N(C(=O)OC(C)(C)C)C1. The van der Waals surface area contributed by atoms with Gasteiger partial charge in [0, 0.05) is 6.54 Å². The highest BCUT2D eigenvalue weighted by Gasteiger charge is 2.56. The first-order chi connectivity index (χ1) is 15.3. The highest BCUT2D eigenvalue weighted by atomic mass is 16.6. The molecule has 4 N–H and O–H groups in total. The predicted molar refractivity (Wildman–Crippen MR) is 125 cm³/mol. The zero-order valence-electron chi connectivity index (χ0n) is 20.9. The van der Waals surface area contributed by atoms with Gasteiger partial charge in [-0.2, -0.15) is 0 Å². The molecule has 8 nitrogen and oxygen atoms in total. The van der Waals surface area contributed by atoms with Crippen molar-refractivity contribution in [3.63, 3.8) is 0 Å². The Labute approximate surface area is 198 Å². The molecule has 4 atom stereocenters. The van der Waals surface area contributed by atoms with Gasteiger partial charge in [0.15, 0.2) is 6.10 Å². The fourth-order valence-electron chi connectivity index (χ4n) is 5.71. The summed E-state index contributed by atoms with van der Waals surface area (Å²) in [6.07, 6.45) is 5.67. The van der Waals surface area contributed by atoms with Crippen LogP contribution in [0, 0.1) is 23.2 Å². The van der Waals surface area contributed by atoms with Gasteiger partial charge in [0.05, 0.1) is 6.04 Å². The van der Waals surface area contributed by atoms with Crippen LogP contribution in [0.4, 0.5) is 4.79 Å². The summed E-state index contributed by atoms with van der Waals surface area (Å²) in [4.78, 5) is 40.0. The number of likely N-dealkylation sites (tertiary alicyclic amines) is 1. The largest absolute Gasteiger partial charge is 0.444 e. The van der Waals surface area contributed by atoms with E-state index in [9.17, 15) is 19.5 Å². The molecule has 1 aliphatic heterocycles. The van der Waals surface area contributed by atoms with Gasteiger partial charge in [0.1, 0.15) is 11.6 Å². The van der Waals surface area contributed by atoms with Crippen molar-refractivity contribution in [2.75, 3.05) is 6.54 Å². The number of hydrogen-bond acceptors (Lipinski definition) is 5. The minimum Gasteiger partial charge on any atom is -0.444 e. The molecule has 3 aliphatic rings. The molecule has 2 aliphatic carbocycles. The molecule has 3 amide bonds. The molecule has 3 fully saturated rings. The van der Waals surface area contributed by atoms with Crippen molar-refractivity contribution < 1.29 is 24.2 Å². The summed E-state index contributed by atoms with van der Waals surface area (Å²) in [5.41, 5.74) is 4.55. The predicted octanol–water partition coefficient (Wildman–Crippen LogP) is 2.96. The van der Waals surface area contributed by atoms with Gasteiger partial charge in [0.2, 0.25) is 11.8 Å². The first kappa shape index (κ1) is 25.8. The number of primary amides is 1. The van der Waals surface area contributed by atoms with E-state index < -0.39 is 35.8 Å². The average molecular weight is 466 g/mol. The van der Waals surface area contributed by atoms with Crippen molar-refractivity contribution in [3.05, 3.63) is 0 Å². The zero-order valence-corrected chi connectivity index (χ0v) is 20.9. The fourth-order valence-corrected chi connectivity index (χ4v) is 5.71. The molecule has 2 unspecified atom stereocenters. The van der Waals surface area contributed by atoms with Crippen LogP contribution in [0.5, 0.6) is 0 Å². The minimum atomic E-state index is -1.45. The maximum absolute atomic E-state index is 13.6. The first-order valence-electron chi connectivity index (χ1n) is 12.6. The van der Waals surface area contributed by atoms with E-state index in [0.717, 1.165) is 32.1 Å². The third-order valence-electron chi connectivity index (χ3n) is 8.23. The second-order valence-electron chi connectivity index (χ2n) is 11.8. The van der Waals surface area contributed by atoms with Crippen LogP contribution in [0.1, 0.15) is 86.0 Å². The second-order valence-corrected chi connectivity index (χ2v) is 11.8. The standard InChI is InChI=1S/C25H43N3O5/c1-15(2)25(17-10-7-11-17)13-19(28(14-25)23(32)33-24(3,4)5)22(31)27-18(20(29)21(26)30)12-16-8-6-9-16/h15-20,29H,6-14H2,1-5H3,(H2,26,30)(H,27,31)/t18?,19-,20?,25+/m0/s1. The number of nitrogens with two attached hydrogens (primary N) is 1. The van der Waals surface area contributed by atoms with Crippen molar-refractivity contribution >= 4 is 17.9 Å². The maximum atomic E-state index is 13.6. The number of carbonyl (C=O) groups is 3. The number of ether oxygens (including phenoxy) is 1. The third kappa shape index (κ3) is 5.64. The van der Waals surface area contributed by atoms with Gasteiger partial charge in [0.25, 0.3) is 0 Å². The van der Waals surface area contributed by atoms with Gasteiger partial charge in [-0.1, -0.05) is 39.5 Å². The Balaban J connectivity index is 1.84. The number of aliphatic hydroxyl groups excluding tert-OH is 1. The Hall–Kier alpha value is -1.83. The molecule has 33 heavy (non-hydrogen) atoms. The number of aliphatic hydroxyl groups is 1. The minimum absolute atomic E-state index is 0.150. The van der Waals surface area contributed by atoms with E-state index in [1.165, 1.54) is 6.42 Å². The second kappa shape index (κ2) is 9.80.